The zero-order valence-electron chi connectivity index (χ0n) is 14.3. The molecule has 0 heterocycles. The van der Waals surface area contributed by atoms with Gasteiger partial charge in [-0.3, -0.25) is 15.0 Å². The van der Waals surface area contributed by atoms with Crippen molar-refractivity contribution in [1.29, 1.82) is 0 Å². The SMILES string of the molecule is C=CCN(C)Cc1cc([N+](=O)[O-])ccc1OCCN(CC)CC. The molecule has 0 aliphatic carbocycles. The Kier molecular flexibility index (Phi) is 8.29. The van der Waals surface area contributed by atoms with Crippen molar-refractivity contribution in [2.24, 2.45) is 0 Å². The summed E-state index contributed by atoms with van der Waals surface area (Å²) in [6.07, 6.45) is 1.80. The van der Waals surface area contributed by atoms with Crippen LogP contribution in [0.25, 0.3) is 0 Å². The van der Waals surface area contributed by atoms with Crippen LogP contribution in [0.3, 0.4) is 0 Å². The Morgan fingerprint density at radius 1 is 1.35 bits per heavy atom. The minimum Gasteiger partial charge on any atom is -0.492 e. The zero-order valence-corrected chi connectivity index (χ0v) is 14.3. The number of likely N-dealkylation sites (N-methyl/N-ethyl adjacent to an activating group) is 2. The number of non-ortho nitro benzene ring substituents is 1. The van der Waals surface area contributed by atoms with Crippen molar-refractivity contribution in [3.05, 3.63) is 46.5 Å². The highest BCUT2D eigenvalue weighted by molar-refractivity contribution is 5.43. The van der Waals surface area contributed by atoms with Gasteiger partial charge in [-0.2, -0.15) is 0 Å². The van der Waals surface area contributed by atoms with E-state index in [9.17, 15) is 10.1 Å². The second-order valence-corrected chi connectivity index (χ2v) is 5.41. The lowest BCUT2D eigenvalue weighted by atomic mass is 10.1. The van der Waals surface area contributed by atoms with Crippen LogP contribution in [-0.2, 0) is 6.54 Å². The first-order valence-corrected chi connectivity index (χ1v) is 7.93. The minimum absolute atomic E-state index is 0.0862. The van der Waals surface area contributed by atoms with Crippen LogP contribution in [0.1, 0.15) is 19.4 Å². The van der Waals surface area contributed by atoms with Crippen LogP contribution in [0.15, 0.2) is 30.9 Å². The van der Waals surface area contributed by atoms with E-state index in [1.54, 1.807) is 18.2 Å². The summed E-state index contributed by atoms with van der Waals surface area (Å²) < 4.78 is 5.87. The third kappa shape index (κ3) is 6.38. The molecule has 0 unspecified atom stereocenters. The predicted molar refractivity (Wildman–Crippen MR) is 92.9 cm³/mol. The van der Waals surface area contributed by atoms with Crippen LogP contribution in [0.5, 0.6) is 5.75 Å². The van der Waals surface area contributed by atoms with E-state index in [2.05, 4.69) is 25.3 Å². The molecule has 0 atom stereocenters. The third-order valence-electron chi connectivity index (χ3n) is 3.70. The topological polar surface area (TPSA) is 58.9 Å². The molecule has 6 heteroatoms. The van der Waals surface area contributed by atoms with Crippen molar-refractivity contribution in [3.63, 3.8) is 0 Å². The highest BCUT2D eigenvalue weighted by atomic mass is 16.6. The lowest BCUT2D eigenvalue weighted by Crippen LogP contribution is -2.28. The van der Waals surface area contributed by atoms with E-state index in [0.29, 0.717) is 25.4 Å². The number of hydrogen-bond acceptors (Lipinski definition) is 5. The number of nitro benzene ring substituents is 1. The van der Waals surface area contributed by atoms with Gasteiger partial charge in [0.15, 0.2) is 0 Å². The smallest absolute Gasteiger partial charge is 0.270 e. The molecule has 0 saturated carbocycles. The Bertz CT molecular complexity index is 516. The monoisotopic (exact) mass is 321 g/mol. The third-order valence-corrected chi connectivity index (χ3v) is 3.70. The normalized spacial score (nSPS) is 11.0. The van der Waals surface area contributed by atoms with Gasteiger partial charge in [-0.1, -0.05) is 19.9 Å². The van der Waals surface area contributed by atoms with Crippen molar-refractivity contribution in [2.45, 2.75) is 20.4 Å². The highest BCUT2D eigenvalue weighted by Gasteiger charge is 2.13. The van der Waals surface area contributed by atoms with Crippen LogP contribution in [0.4, 0.5) is 5.69 Å². The van der Waals surface area contributed by atoms with Gasteiger partial charge in [0.1, 0.15) is 12.4 Å². The summed E-state index contributed by atoms with van der Waals surface area (Å²) in [6, 6.07) is 4.77. The highest BCUT2D eigenvalue weighted by Crippen LogP contribution is 2.25. The van der Waals surface area contributed by atoms with Crippen molar-refractivity contribution in [1.82, 2.24) is 9.80 Å². The summed E-state index contributed by atoms with van der Waals surface area (Å²) in [5, 5.41) is 11.0. The van der Waals surface area contributed by atoms with Gasteiger partial charge < -0.3 is 9.64 Å². The van der Waals surface area contributed by atoms with Crippen molar-refractivity contribution in [2.75, 3.05) is 39.8 Å². The van der Waals surface area contributed by atoms with E-state index in [-0.39, 0.29) is 10.6 Å². The molecule has 1 rings (SSSR count). The minimum atomic E-state index is -0.378. The Morgan fingerprint density at radius 3 is 2.61 bits per heavy atom. The summed E-state index contributed by atoms with van der Waals surface area (Å²) in [4.78, 5) is 14.9. The first-order valence-electron chi connectivity index (χ1n) is 7.93. The lowest BCUT2D eigenvalue weighted by Gasteiger charge is -2.20. The fraction of sp³-hybridized carbons (Fsp3) is 0.529. The van der Waals surface area contributed by atoms with Gasteiger partial charge in [-0.25, -0.2) is 0 Å². The molecular weight excluding hydrogens is 294 g/mol. The van der Waals surface area contributed by atoms with Gasteiger partial charge in [-0.05, 0) is 26.2 Å². The Hall–Kier alpha value is -1.92. The summed E-state index contributed by atoms with van der Waals surface area (Å²) >= 11 is 0. The first kappa shape index (κ1) is 19.1. The van der Waals surface area contributed by atoms with Gasteiger partial charge in [0.25, 0.3) is 5.69 Å². The van der Waals surface area contributed by atoms with Gasteiger partial charge in [0.05, 0.1) is 4.92 Å². The van der Waals surface area contributed by atoms with E-state index in [0.717, 1.165) is 25.2 Å². The standard InChI is InChI=1S/C17H27N3O3/c1-5-10-18(4)14-15-13-16(20(21)22)8-9-17(15)23-12-11-19(6-2)7-3/h5,8-9,13H,1,6-7,10-12,14H2,2-4H3. The molecule has 23 heavy (non-hydrogen) atoms. The summed E-state index contributed by atoms with van der Waals surface area (Å²) in [7, 11) is 1.94. The fourth-order valence-corrected chi connectivity index (χ4v) is 2.34. The molecular formula is C17H27N3O3. The number of nitrogens with zero attached hydrogens (tertiary/aromatic N) is 3. The van der Waals surface area contributed by atoms with E-state index >= 15 is 0 Å². The molecule has 0 radical (unpaired) electrons. The van der Waals surface area contributed by atoms with Gasteiger partial charge >= 0.3 is 0 Å². The Balaban J connectivity index is 2.82. The molecule has 0 amide bonds. The lowest BCUT2D eigenvalue weighted by molar-refractivity contribution is -0.385. The molecule has 0 spiro atoms. The molecule has 0 aliphatic heterocycles. The molecule has 1 aromatic carbocycles. The molecule has 0 N–H and O–H groups in total. The summed E-state index contributed by atoms with van der Waals surface area (Å²) in [6.45, 7) is 12.6. The van der Waals surface area contributed by atoms with Crippen LogP contribution in [0, 0.1) is 10.1 Å². The van der Waals surface area contributed by atoms with E-state index in [4.69, 9.17) is 4.74 Å². The Labute approximate surface area is 138 Å². The van der Waals surface area contributed by atoms with Gasteiger partial charge in [0.2, 0.25) is 0 Å². The van der Waals surface area contributed by atoms with Crippen LogP contribution < -0.4 is 4.74 Å². The fourth-order valence-electron chi connectivity index (χ4n) is 2.34. The van der Waals surface area contributed by atoms with Crippen molar-refractivity contribution < 1.29 is 9.66 Å². The quantitative estimate of drug-likeness (QED) is 0.356. The molecule has 0 saturated heterocycles. The Morgan fingerprint density at radius 2 is 2.04 bits per heavy atom. The summed E-state index contributed by atoms with van der Waals surface area (Å²) in [5.41, 5.74) is 0.909. The molecule has 0 aromatic heterocycles. The van der Waals surface area contributed by atoms with Crippen molar-refractivity contribution >= 4 is 5.69 Å². The molecule has 0 fully saturated rings. The maximum Gasteiger partial charge on any atom is 0.270 e. The number of rotatable bonds is 11. The number of nitro groups is 1. The van der Waals surface area contributed by atoms with Gasteiger partial charge in [0, 0.05) is 37.3 Å². The second-order valence-electron chi connectivity index (χ2n) is 5.41. The average molecular weight is 321 g/mol. The maximum absolute atomic E-state index is 11.0. The van der Waals surface area contributed by atoms with Gasteiger partial charge in [-0.15, -0.1) is 6.58 Å². The van der Waals surface area contributed by atoms with E-state index < -0.39 is 0 Å². The van der Waals surface area contributed by atoms with E-state index in [1.165, 1.54) is 6.07 Å². The molecule has 0 bridgehead atoms. The predicted octanol–water partition coefficient (Wildman–Crippen LogP) is 2.93. The second kappa shape index (κ2) is 9.97. The number of benzene rings is 1. The first-order chi connectivity index (χ1) is 11.0. The average Bonchev–Trinajstić information content (AvgIpc) is 2.52. The van der Waals surface area contributed by atoms with Crippen LogP contribution in [0.2, 0.25) is 0 Å². The van der Waals surface area contributed by atoms with E-state index in [1.807, 2.05) is 11.9 Å². The molecule has 6 nitrogen and oxygen atoms in total. The molecule has 0 aliphatic rings. The molecule has 128 valence electrons. The number of hydrogen-bond donors (Lipinski definition) is 0. The van der Waals surface area contributed by atoms with Crippen LogP contribution in [-0.4, -0.2) is 54.6 Å². The molecule has 1 aromatic rings. The van der Waals surface area contributed by atoms with Crippen molar-refractivity contribution in [3.8, 4) is 5.75 Å². The largest absolute Gasteiger partial charge is 0.492 e. The van der Waals surface area contributed by atoms with Crippen LogP contribution >= 0.6 is 0 Å². The zero-order chi connectivity index (χ0) is 17.2. The summed E-state index contributed by atoms with van der Waals surface area (Å²) in [5.74, 6) is 0.707. The maximum atomic E-state index is 11.0. The number of ether oxygens (including phenoxy) is 1.